The van der Waals surface area contributed by atoms with Gasteiger partial charge < -0.3 is 9.47 Å². The summed E-state index contributed by atoms with van der Waals surface area (Å²) in [5.41, 5.74) is 2.49. The Hall–Kier alpha value is -1.21. The zero-order valence-electron chi connectivity index (χ0n) is 8.04. The quantitative estimate of drug-likeness (QED) is 0.361. The van der Waals surface area contributed by atoms with Crippen LogP contribution in [0.15, 0.2) is 18.4 Å². The maximum Gasteiger partial charge on any atom is 0.508 e. The number of hydrogen-bond donors (Lipinski definition) is 0. The van der Waals surface area contributed by atoms with Gasteiger partial charge in [-0.1, -0.05) is 26.3 Å². The van der Waals surface area contributed by atoms with Gasteiger partial charge in [-0.15, -0.1) is 5.73 Å². The lowest BCUT2D eigenvalue weighted by atomic mass is 10.3. The van der Waals surface area contributed by atoms with Gasteiger partial charge in [-0.2, -0.15) is 0 Å². The van der Waals surface area contributed by atoms with Crippen molar-refractivity contribution in [3.05, 3.63) is 18.4 Å². The van der Waals surface area contributed by atoms with Crippen molar-refractivity contribution < 1.29 is 14.3 Å². The maximum absolute atomic E-state index is 10.8. The lowest BCUT2D eigenvalue weighted by Crippen LogP contribution is -2.08. The van der Waals surface area contributed by atoms with Gasteiger partial charge in [0, 0.05) is 0 Å². The van der Waals surface area contributed by atoms with Crippen LogP contribution >= 0.6 is 0 Å². The highest BCUT2D eigenvalue weighted by Gasteiger charge is 2.00. The summed E-state index contributed by atoms with van der Waals surface area (Å²) in [5, 5.41) is 0. The molecule has 0 radical (unpaired) electrons. The van der Waals surface area contributed by atoms with Crippen molar-refractivity contribution in [2.45, 2.75) is 26.2 Å². The third kappa shape index (κ3) is 8.70. The zero-order valence-corrected chi connectivity index (χ0v) is 8.04. The van der Waals surface area contributed by atoms with Crippen molar-refractivity contribution in [1.29, 1.82) is 0 Å². The topological polar surface area (TPSA) is 35.5 Å². The molecule has 0 aromatic carbocycles. The molecule has 0 unspecified atom stereocenters. The molecule has 0 saturated heterocycles. The van der Waals surface area contributed by atoms with Crippen LogP contribution in [0.25, 0.3) is 0 Å². The highest BCUT2D eigenvalue weighted by Crippen LogP contribution is 1.95. The second kappa shape index (κ2) is 8.88. The Morgan fingerprint density at radius 3 is 2.85 bits per heavy atom. The van der Waals surface area contributed by atoms with Gasteiger partial charge in [0.1, 0.15) is 6.61 Å². The Morgan fingerprint density at radius 1 is 1.46 bits per heavy atom. The van der Waals surface area contributed by atoms with Gasteiger partial charge in [-0.25, -0.2) is 4.79 Å². The second-order valence-corrected chi connectivity index (χ2v) is 2.52. The maximum atomic E-state index is 10.8. The molecule has 0 aliphatic carbocycles. The highest BCUT2D eigenvalue weighted by atomic mass is 16.7. The van der Waals surface area contributed by atoms with Crippen LogP contribution in [0.3, 0.4) is 0 Å². The summed E-state index contributed by atoms with van der Waals surface area (Å²) >= 11 is 0. The van der Waals surface area contributed by atoms with Crippen molar-refractivity contribution in [3.63, 3.8) is 0 Å². The summed E-state index contributed by atoms with van der Waals surface area (Å²) in [6, 6.07) is 0. The van der Waals surface area contributed by atoms with Crippen LogP contribution in [0.4, 0.5) is 4.79 Å². The molecule has 0 aliphatic rings. The molecule has 0 saturated carbocycles. The van der Waals surface area contributed by atoms with Crippen LogP contribution in [-0.4, -0.2) is 19.4 Å². The summed E-state index contributed by atoms with van der Waals surface area (Å²) in [5.74, 6) is 0. The van der Waals surface area contributed by atoms with Crippen LogP contribution in [0.2, 0.25) is 0 Å². The number of ether oxygens (including phenoxy) is 2. The Labute approximate surface area is 79.0 Å². The van der Waals surface area contributed by atoms with E-state index >= 15 is 0 Å². The molecule has 0 spiro atoms. The van der Waals surface area contributed by atoms with Gasteiger partial charge in [-0.3, -0.25) is 0 Å². The fourth-order valence-corrected chi connectivity index (χ4v) is 0.718. The molecule has 0 bridgehead atoms. The molecule has 3 nitrogen and oxygen atoms in total. The Balaban J connectivity index is 3.25. The molecule has 0 amide bonds. The second-order valence-electron chi connectivity index (χ2n) is 2.52. The van der Waals surface area contributed by atoms with Crippen molar-refractivity contribution in [2.75, 3.05) is 13.2 Å². The first kappa shape index (κ1) is 11.8. The van der Waals surface area contributed by atoms with E-state index in [1.54, 1.807) is 0 Å². The molecule has 0 N–H and O–H groups in total. The minimum Gasteiger partial charge on any atom is -0.434 e. The molecule has 0 heterocycles. The first-order valence-corrected chi connectivity index (χ1v) is 4.45. The van der Waals surface area contributed by atoms with Crippen LogP contribution in [-0.2, 0) is 9.47 Å². The van der Waals surface area contributed by atoms with Gasteiger partial charge in [0.2, 0.25) is 0 Å². The van der Waals surface area contributed by atoms with E-state index in [-0.39, 0.29) is 6.61 Å². The molecule has 74 valence electrons. The molecule has 0 aromatic rings. The lowest BCUT2D eigenvalue weighted by molar-refractivity contribution is 0.0621. The highest BCUT2D eigenvalue weighted by molar-refractivity contribution is 5.59. The normalized spacial score (nSPS) is 8.69. The molecule has 0 atom stereocenters. The Bertz CT molecular complexity index is 181. The summed E-state index contributed by atoms with van der Waals surface area (Å²) in [6.07, 6.45) is 3.97. The van der Waals surface area contributed by atoms with Gasteiger partial charge in [0.05, 0.1) is 6.61 Å². The summed E-state index contributed by atoms with van der Waals surface area (Å²) in [6.45, 7) is 6.03. The van der Waals surface area contributed by atoms with E-state index in [0.29, 0.717) is 6.61 Å². The first-order valence-electron chi connectivity index (χ1n) is 4.45. The van der Waals surface area contributed by atoms with Crippen LogP contribution in [0.5, 0.6) is 0 Å². The van der Waals surface area contributed by atoms with E-state index in [9.17, 15) is 4.79 Å². The molecule has 0 aliphatic heterocycles. The number of rotatable bonds is 6. The summed E-state index contributed by atoms with van der Waals surface area (Å²) in [7, 11) is 0. The largest absolute Gasteiger partial charge is 0.508 e. The van der Waals surface area contributed by atoms with Crippen LogP contribution in [0.1, 0.15) is 26.2 Å². The minimum atomic E-state index is -0.623. The SMILES string of the molecule is C=C=CCOC(=O)OCCCCC. The lowest BCUT2D eigenvalue weighted by Gasteiger charge is -2.02. The molecular formula is C10H16O3. The molecule has 3 heteroatoms. The average molecular weight is 184 g/mol. The van der Waals surface area contributed by atoms with E-state index in [4.69, 9.17) is 4.74 Å². The fraction of sp³-hybridized carbons (Fsp3) is 0.600. The van der Waals surface area contributed by atoms with E-state index in [1.165, 1.54) is 6.08 Å². The zero-order chi connectivity index (χ0) is 9.94. The number of unbranched alkanes of at least 4 members (excludes halogenated alkanes) is 2. The van der Waals surface area contributed by atoms with Crippen LogP contribution < -0.4 is 0 Å². The van der Waals surface area contributed by atoms with E-state index < -0.39 is 6.16 Å². The van der Waals surface area contributed by atoms with Crippen molar-refractivity contribution in [2.24, 2.45) is 0 Å². The van der Waals surface area contributed by atoms with Crippen molar-refractivity contribution in [1.82, 2.24) is 0 Å². The van der Waals surface area contributed by atoms with Gasteiger partial charge in [0.25, 0.3) is 0 Å². The van der Waals surface area contributed by atoms with E-state index in [0.717, 1.165) is 19.3 Å². The van der Waals surface area contributed by atoms with E-state index in [2.05, 4.69) is 24.0 Å². The Kier molecular flexibility index (Phi) is 8.06. The monoisotopic (exact) mass is 184 g/mol. The molecule has 0 rings (SSSR count). The molecular weight excluding hydrogens is 168 g/mol. The van der Waals surface area contributed by atoms with Gasteiger partial charge >= 0.3 is 6.16 Å². The molecule has 13 heavy (non-hydrogen) atoms. The third-order valence-corrected chi connectivity index (χ3v) is 1.40. The van der Waals surface area contributed by atoms with E-state index in [1.807, 2.05) is 0 Å². The predicted molar refractivity (Wildman–Crippen MR) is 50.5 cm³/mol. The number of hydrogen-bond acceptors (Lipinski definition) is 3. The van der Waals surface area contributed by atoms with Crippen molar-refractivity contribution >= 4 is 6.16 Å². The standard InChI is InChI=1S/C10H16O3/c1-3-5-7-9-13-10(11)12-8-6-4-2/h6H,2-3,5,7-9H2,1H3. The third-order valence-electron chi connectivity index (χ3n) is 1.40. The van der Waals surface area contributed by atoms with Crippen LogP contribution in [0, 0.1) is 0 Å². The fourth-order valence-electron chi connectivity index (χ4n) is 0.718. The minimum absolute atomic E-state index is 0.177. The average Bonchev–Trinajstić information content (AvgIpc) is 2.13. The predicted octanol–water partition coefficient (Wildman–Crippen LogP) is 2.67. The number of carbonyl (C=O) groups is 1. The summed E-state index contributed by atoms with van der Waals surface area (Å²) in [4.78, 5) is 10.8. The Morgan fingerprint density at radius 2 is 2.23 bits per heavy atom. The molecule has 0 aromatic heterocycles. The summed E-state index contributed by atoms with van der Waals surface area (Å²) < 4.78 is 9.40. The number of carbonyl (C=O) groups excluding carboxylic acids is 1. The van der Waals surface area contributed by atoms with Crippen molar-refractivity contribution in [3.8, 4) is 0 Å². The first-order chi connectivity index (χ1) is 6.31. The smallest absolute Gasteiger partial charge is 0.434 e. The molecule has 0 fully saturated rings. The van der Waals surface area contributed by atoms with Gasteiger partial charge in [-0.05, 0) is 12.5 Å². The van der Waals surface area contributed by atoms with Gasteiger partial charge in [0.15, 0.2) is 0 Å².